The van der Waals surface area contributed by atoms with Crippen LogP contribution in [-0.2, 0) is 9.47 Å². The summed E-state index contributed by atoms with van der Waals surface area (Å²) in [6, 6.07) is 8.31. The predicted octanol–water partition coefficient (Wildman–Crippen LogP) is 3.51. The summed E-state index contributed by atoms with van der Waals surface area (Å²) in [5.74, 6) is 0.264. The zero-order valence-electron chi connectivity index (χ0n) is 13.2. The molecule has 1 N–H and O–H groups in total. The minimum Gasteiger partial charge on any atom is -0.348 e. The van der Waals surface area contributed by atoms with E-state index in [9.17, 15) is 0 Å². The van der Waals surface area contributed by atoms with Crippen LogP contribution in [0.3, 0.4) is 0 Å². The largest absolute Gasteiger partial charge is 0.348 e. The van der Waals surface area contributed by atoms with Crippen molar-refractivity contribution in [3.63, 3.8) is 0 Å². The summed E-state index contributed by atoms with van der Waals surface area (Å²) in [4.78, 5) is 4.42. The summed E-state index contributed by atoms with van der Waals surface area (Å²) in [7, 11) is 0. The van der Waals surface area contributed by atoms with Gasteiger partial charge >= 0.3 is 0 Å². The van der Waals surface area contributed by atoms with Gasteiger partial charge in [-0.05, 0) is 42.7 Å². The maximum Gasteiger partial charge on any atom is 0.183 e. The summed E-state index contributed by atoms with van der Waals surface area (Å²) in [5, 5.41) is 11.9. The lowest BCUT2D eigenvalue weighted by atomic mass is 9.81. The van der Waals surface area contributed by atoms with Gasteiger partial charge in [0.1, 0.15) is 0 Å². The van der Waals surface area contributed by atoms with Crippen LogP contribution in [0.5, 0.6) is 0 Å². The van der Waals surface area contributed by atoms with Crippen molar-refractivity contribution < 1.29 is 9.47 Å². The van der Waals surface area contributed by atoms with Gasteiger partial charge in [0.05, 0.1) is 18.9 Å². The molecular formula is C17H21N3O2S. The molecule has 1 heterocycles. The molecule has 1 aromatic rings. The van der Waals surface area contributed by atoms with E-state index in [1.165, 1.54) is 17.3 Å². The monoisotopic (exact) mass is 331 g/mol. The number of rotatable bonds is 2. The Kier molecular flexibility index (Phi) is 5.21. The van der Waals surface area contributed by atoms with Gasteiger partial charge in [-0.15, -0.1) is 0 Å². The van der Waals surface area contributed by atoms with Crippen molar-refractivity contribution in [2.45, 2.75) is 37.4 Å². The second-order valence-corrected chi connectivity index (χ2v) is 6.63. The van der Waals surface area contributed by atoms with E-state index in [-0.39, 0.29) is 5.79 Å². The Morgan fingerprint density at radius 1 is 1.26 bits per heavy atom. The van der Waals surface area contributed by atoms with Crippen LogP contribution in [0.4, 0.5) is 5.69 Å². The quantitative estimate of drug-likeness (QED) is 0.389. The van der Waals surface area contributed by atoms with Crippen molar-refractivity contribution >= 4 is 22.6 Å². The number of hydrogen-bond acceptors (Lipinski definition) is 5. The summed E-state index contributed by atoms with van der Waals surface area (Å²) >= 11 is 1.42. The van der Waals surface area contributed by atoms with Gasteiger partial charge in [-0.25, -0.2) is 4.99 Å². The molecule has 6 heteroatoms. The lowest BCUT2D eigenvalue weighted by molar-refractivity contribution is -0.178. The van der Waals surface area contributed by atoms with E-state index >= 15 is 0 Å². The number of thioether (sulfide) groups is 1. The van der Waals surface area contributed by atoms with Gasteiger partial charge in [-0.1, -0.05) is 23.9 Å². The molecule has 5 nitrogen and oxygen atoms in total. The molecule has 0 amide bonds. The highest BCUT2D eigenvalue weighted by atomic mass is 32.2. The predicted molar refractivity (Wildman–Crippen MR) is 91.6 cm³/mol. The molecule has 0 radical (unpaired) electrons. The lowest BCUT2D eigenvalue weighted by Crippen LogP contribution is -2.34. The van der Waals surface area contributed by atoms with Crippen molar-refractivity contribution in [1.29, 1.82) is 5.26 Å². The number of ether oxygens (including phenoxy) is 2. The van der Waals surface area contributed by atoms with E-state index in [2.05, 4.69) is 22.4 Å². The van der Waals surface area contributed by atoms with Gasteiger partial charge in [-0.2, -0.15) is 5.26 Å². The highest BCUT2D eigenvalue weighted by Crippen LogP contribution is 2.42. The summed E-state index contributed by atoms with van der Waals surface area (Å²) in [5.41, 5.74) is 2.20. The molecule has 2 aliphatic rings. The van der Waals surface area contributed by atoms with E-state index in [0.29, 0.717) is 11.1 Å². The van der Waals surface area contributed by atoms with E-state index in [1.54, 1.807) is 0 Å². The van der Waals surface area contributed by atoms with Crippen molar-refractivity contribution in [2.24, 2.45) is 4.99 Å². The molecule has 1 saturated heterocycles. The highest BCUT2D eigenvalue weighted by molar-refractivity contribution is 8.13. The highest BCUT2D eigenvalue weighted by Gasteiger charge is 2.40. The van der Waals surface area contributed by atoms with Crippen LogP contribution in [0, 0.1) is 11.5 Å². The van der Waals surface area contributed by atoms with Crippen molar-refractivity contribution in [3.8, 4) is 6.19 Å². The average molecular weight is 331 g/mol. The fraction of sp³-hybridized carbons (Fsp3) is 0.529. The van der Waals surface area contributed by atoms with E-state index in [0.717, 1.165) is 44.6 Å². The Balaban J connectivity index is 1.63. The molecule has 0 bridgehead atoms. The third-order valence-electron chi connectivity index (χ3n) is 4.51. The van der Waals surface area contributed by atoms with Gasteiger partial charge in [0.2, 0.25) is 0 Å². The standard InChI is InChI=1S/C17H21N3O2S/c1-23-16(19-12-18)20-15-4-2-13(3-5-15)14-6-8-17(9-7-14)21-10-11-22-17/h2-5,14H,6-11H2,1H3,(H,19,20). The third kappa shape index (κ3) is 3.86. The van der Waals surface area contributed by atoms with Gasteiger partial charge < -0.3 is 9.47 Å². The van der Waals surface area contributed by atoms with Crippen molar-refractivity contribution in [2.75, 3.05) is 19.5 Å². The first-order valence-electron chi connectivity index (χ1n) is 7.90. The molecule has 2 fully saturated rings. The number of hydrogen-bond donors (Lipinski definition) is 1. The zero-order valence-corrected chi connectivity index (χ0v) is 14.1. The second-order valence-electron chi connectivity index (χ2n) is 5.83. The van der Waals surface area contributed by atoms with Gasteiger partial charge in [0.25, 0.3) is 0 Å². The topological polar surface area (TPSA) is 66.6 Å². The fourth-order valence-corrected chi connectivity index (χ4v) is 3.63. The van der Waals surface area contributed by atoms with Crippen LogP contribution < -0.4 is 5.32 Å². The number of amidine groups is 1. The molecular weight excluding hydrogens is 310 g/mol. The molecule has 1 aromatic carbocycles. The molecule has 0 unspecified atom stereocenters. The number of nitriles is 1. The van der Waals surface area contributed by atoms with Crippen LogP contribution in [0.15, 0.2) is 29.3 Å². The normalized spacial score (nSPS) is 21.3. The molecule has 122 valence electrons. The molecule has 23 heavy (non-hydrogen) atoms. The second kappa shape index (κ2) is 7.35. The maximum atomic E-state index is 8.67. The Hall–Kier alpha value is -1.55. The van der Waals surface area contributed by atoms with E-state index < -0.39 is 0 Å². The van der Waals surface area contributed by atoms with Gasteiger partial charge in [0, 0.05) is 12.8 Å². The Morgan fingerprint density at radius 2 is 1.91 bits per heavy atom. The van der Waals surface area contributed by atoms with Crippen LogP contribution >= 0.6 is 11.8 Å². The molecule has 1 aliphatic carbocycles. The summed E-state index contributed by atoms with van der Waals surface area (Å²) in [6.07, 6.45) is 7.92. The van der Waals surface area contributed by atoms with Crippen LogP contribution in [0.25, 0.3) is 0 Å². The Labute approximate surface area is 141 Å². The number of aliphatic imine (C=N–C) groups is 1. The van der Waals surface area contributed by atoms with E-state index in [4.69, 9.17) is 14.7 Å². The first-order chi connectivity index (χ1) is 11.2. The molecule has 0 aromatic heterocycles. The van der Waals surface area contributed by atoms with Crippen LogP contribution in [-0.4, -0.2) is 30.4 Å². The number of nitrogens with one attached hydrogen (secondary N) is 1. The zero-order chi connectivity index (χ0) is 16.1. The number of benzene rings is 1. The smallest absolute Gasteiger partial charge is 0.183 e. The average Bonchev–Trinajstić information content (AvgIpc) is 3.04. The fourth-order valence-electron chi connectivity index (χ4n) is 3.29. The summed E-state index contributed by atoms with van der Waals surface area (Å²) < 4.78 is 11.6. The maximum absolute atomic E-state index is 8.67. The molecule has 0 atom stereocenters. The Bertz CT molecular complexity index is 593. The van der Waals surface area contributed by atoms with Crippen molar-refractivity contribution in [3.05, 3.63) is 29.8 Å². The van der Waals surface area contributed by atoms with E-state index in [1.807, 2.05) is 24.6 Å². The SMILES string of the molecule is CSC(=Nc1ccc(C2CCC3(CC2)OCCO3)cc1)NC#N. The van der Waals surface area contributed by atoms with Gasteiger partial charge in [-0.3, -0.25) is 5.32 Å². The number of nitrogens with zero attached hydrogens (tertiary/aromatic N) is 2. The minimum absolute atomic E-state index is 0.295. The Morgan fingerprint density at radius 3 is 2.48 bits per heavy atom. The van der Waals surface area contributed by atoms with Gasteiger partial charge in [0.15, 0.2) is 17.1 Å². The molecule has 3 rings (SSSR count). The van der Waals surface area contributed by atoms with Crippen LogP contribution in [0.2, 0.25) is 0 Å². The summed E-state index contributed by atoms with van der Waals surface area (Å²) in [6.45, 7) is 1.46. The first kappa shape index (κ1) is 16.3. The first-order valence-corrected chi connectivity index (χ1v) is 9.13. The van der Waals surface area contributed by atoms with Crippen LogP contribution in [0.1, 0.15) is 37.2 Å². The molecule has 1 aliphatic heterocycles. The minimum atomic E-state index is -0.295. The lowest BCUT2D eigenvalue weighted by Gasteiger charge is -2.35. The third-order valence-corrected chi connectivity index (χ3v) is 5.09. The molecule has 1 saturated carbocycles. The molecule has 1 spiro atoms. The van der Waals surface area contributed by atoms with Crippen molar-refractivity contribution in [1.82, 2.24) is 5.32 Å².